The second kappa shape index (κ2) is 13.3. The van der Waals surface area contributed by atoms with Crippen molar-refractivity contribution in [2.75, 3.05) is 24.9 Å². The molecule has 0 fully saturated rings. The quantitative estimate of drug-likeness (QED) is 0.163. The molecule has 0 bridgehead atoms. The molecule has 6 nitrogen and oxygen atoms in total. The summed E-state index contributed by atoms with van der Waals surface area (Å²) in [6.45, 7) is 0. The molecule has 1 aliphatic carbocycles. The molecule has 0 unspecified atom stereocenters. The van der Waals surface area contributed by atoms with Crippen LogP contribution in [0.25, 0.3) is 43.8 Å². The van der Waals surface area contributed by atoms with E-state index in [0.717, 1.165) is 55.2 Å². The van der Waals surface area contributed by atoms with Gasteiger partial charge in [0.1, 0.15) is 0 Å². The fraction of sp³-hybridized carbons (Fsp3) is 0.0952. The molecule has 6 aromatic carbocycles. The first-order chi connectivity index (χ1) is 23.6. The summed E-state index contributed by atoms with van der Waals surface area (Å²) < 4.78 is 10.6. The molecule has 0 atom stereocenters. The number of rotatable bonds is 8. The van der Waals surface area contributed by atoms with Crippen LogP contribution in [0.4, 0.5) is 11.4 Å². The van der Waals surface area contributed by atoms with Gasteiger partial charge in [-0.05, 0) is 44.8 Å². The maximum Gasteiger partial charge on any atom is 0.335 e. The Hall–Kier alpha value is -6.14. The van der Waals surface area contributed by atoms with Crippen molar-refractivity contribution in [3.63, 3.8) is 0 Å². The predicted octanol–water partition coefficient (Wildman–Crippen LogP) is 9.50. The minimum atomic E-state index is -0.467. The molecule has 0 radical (unpaired) electrons. The molecule has 7 rings (SSSR count). The van der Waals surface area contributed by atoms with Gasteiger partial charge in [-0.1, -0.05) is 121 Å². The van der Waals surface area contributed by atoms with Crippen molar-refractivity contribution in [3.8, 4) is 22.3 Å². The Morgan fingerprint density at radius 2 is 0.812 bits per heavy atom. The molecule has 0 saturated heterocycles. The molecule has 0 aromatic heterocycles. The summed E-state index contributed by atoms with van der Waals surface area (Å²) in [6.07, 6.45) is 0.277. The monoisotopic (exact) mass is 630 g/mol. The Morgan fingerprint density at radius 1 is 0.458 bits per heavy atom. The van der Waals surface area contributed by atoms with Gasteiger partial charge in [-0.15, -0.1) is 0 Å². The van der Waals surface area contributed by atoms with E-state index in [4.69, 9.17) is 9.47 Å². The molecule has 48 heavy (non-hydrogen) atoms. The number of esters is 2. The molecule has 0 saturated carbocycles. The summed E-state index contributed by atoms with van der Waals surface area (Å²) in [5.74, 6) is -0.934. The fourth-order valence-electron chi connectivity index (χ4n) is 6.56. The number of hydrogen-bond acceptors (Lipinski definition) is 6. The van der Waals surface area contributed by atoms with Crippen molar-refractivity contribution in [2.45, 2.75) is 12.8 Å². The van der Waals surface area contributed by atoms with Crippen LogP contribution >= 0.6 is 0 Å². The van der Waals surface area contributed by atoms with Crippen LogP contribution in [0, 0.1) is 0 Å². The first-order valence-corrected chi connectivity index (χ1v) is 15.8. The first-order valence-electron chi connectivity index (χ1n) is 15.8. The molecular weight excluding hydrogens is 596 g/mol. The zero-order chi connectivity index (χ0) is 33.0. The topological polar surface area (TPSA) is 76.7 Å². The normalized spacial score (nSPS) is 13.0. The van der Waals surface area contributed by atoms with Gasteiger partial charge in [-0.3, -0.25) is 0 Å². The summed E-state index contributed by atoms with van der Waals surface area (Å²) in [4.78, 5) is 26.8. The van der Waals surface area contributed by atoms with Gasteiger partial charge in [0.25, 0.3) is 0 Å². The summed E-state index contributed by atoms with van der Waals surface area (Å²) in [5, 5.41) is 11.6. The van der Waals surface area contributed by atoms with Crippen molar-refractivity contribution in [2.24, 2.45) is 0 Å². The molecular formula is C42H34N2O4. The van der Waals surface area contributed by atoms with E-state index in [1.807, 2.05) is 72.8 Å². The van der Waals surface area contributed by atoms with Crippen molar-refractivity contribution in [1.29, 1.82) is 0 Å². The Morgan fingerprint density at radius 3 is 1.25 bits per heavy atom. The van der Waals surface area contributed by atoms with Crippen LogP contribution in [-0.4, -0.2) is 26.2 Å². The highest BCUT2D eigenvalue weighted by molar-refractivity contribution is 6.02. The number of methoxy groups -OCH3 is 2. The Labute approximate surface area is 279 Å². The van der Waals surface area contributed by atoms with Crippen LogP contribution in [0.2, 0.25) is 0 Å². The van der Waals surface area contributed by atoms with Gasteiger partial charge in [0, 0.05) is 46.7 Å². The molecule has 6 heteroatoms. The van der Waals surface area contributed by atoms with E-state index in [0.29, 0.717) is 22.5 Å². The number of hydrogen-bond donors (Lipinski definition) is 2. The Kier molecular flexibility index (Phi) is 8.46. The molecule has 1 aliphatic rings. The zero-order valence-corrected chi connectivity index (χ0v) is 26.7. The van der Waals surface area contributed by atoms with Crippen molar-refractivity contribution in [1.82, 2.24) is 0 Å². The van der Waals surface area contributed by atoms with E-state index in [2.05, 4.69) is 71.3 Å². The van der Waals surface area contributed by atoms with Gasteiger partial charge >= 0.3 is 11.9 Å². The smallest absolute Gasteiger partial charge is 0.335 e. The van der Waals surface area contributed by atoms with Gasteiger partial charge in [0.15, 0.2) is 0 Å². The van der Waals surface area contributed by atoms with E-state index in [9.17, 15) is 9.59 Å². The van der Waals surface area contributed by atoms with E-state index in [-0.39, 0.29) is 12.8 Å². The molecule has 0 spiro atoms. The summed E-state index contributed by atoms with van der Waals surface area (Å²) in [5.41, 5.74) is 7.73. The molecule has 2 N–H and O–H groups in total. The number of allylic oxidation sites excluding steroid dienone is 2. The Balaban J connectivity index is 1.29. The maximum absolute atomic E-state index is 13.4. The van der Waals surface area contributed by atoms with E-state index < -0.39 is 11.9 Å². The molecule has 6 aromatic rings. The summed E-state index contributed by atoms with van der Waals surface area (Å²) in [7, 11) is 2.75. The van der Waals surface area contributed by atoms with Crippen LogP contribution in [0.3, 0.4) is 0 Å². The van der Waals surface area contributed by atoms with Gasteiger partial charge < -0.3 is 20.1 Å². The number of carbonyl (C=O) groups is 2. The van der Waals surface area contributed by atoms with Crippen molar-refractivity contribution in [3.05, 3.63) is 156 Å². The number of benzene rings is 6. The lowest BCUT2D eigenvalue weighted by atomic mass is 9.91. The van der Waals surface area contributed by atoms with Crippen LogP contribution in [0.15, 0.2) is 156 Å². The van der Waals surface area contributed by atoms with Crippen LogP contribution in [-0.2, 0) is 19.1 Å². The highest BCUT2D eigenvalue weighted by Crippen LogP contribution is 2.40. The number of carbonyl (C=O) groups excluding carboxylic acids is 2. The molecule has 0 amide bonds. The van der Waals surface area contributed by atoms with Gasteiger partial charge in [0.05, 0.1) is 25.4 Å². The van der Waals surface area contributed by atoms with Crippen LogP contribution in [0.1, 0.15) is 12.8 Å². The third-order valence-electron chi connectivity index (χ3n) is 8.88. The number of anilines is 2. The number of fused-ring (bicyclic) bond motifs is 2. The zero-order valence-electron chi connectivity index (χ0n) is 26.7. The minimum absolute atomic E-state index is 0.139. The average molecular weight is 631 g/mol. The molecule has 236 valence electrons. The van der Waals surface area contributed by atoms with Crippen LogP contribution in [0.5, 0.6) is 0 Å². The highest BCUT2D eigenvalue weighted by atomic mass is 16.5. The van der Waals surface area contributed by atoms with E-state index >= 15 is 0 Å². The second-order valence-electron chi connectivity index (χ2n) is 11.6. The van der Waals surface area contributed by atoms with Gasteiger partial charge in [-0.25, -0.2) is 9.59 Å². The Bertz CT molecular complexity index is 2090. The second-order valence-corrected chi connectivity index (χ2v) is 11.6. The van der Waals surface area contributed by atoms with E-state index in [1.54, 1.807) is 0 Å². The molecule has 0 heterocycles. The maximum atomic E-state index is 13.4. The third-order valence-corrected chi connectivity index (χ3v) is 8.88. The predicted molar refractivity (Wildman–Crippen MR) is 193 cm³/mol. The van der Waals surface area contributed by atoms with Crippen molar-refractivity contribution >= 4 is 44.9 Å². The third kappa shape index (κ3) is 5.80. The van der Waals surface area contributed by atoms with Gasteiger partial charge in [0.2, 0.25) is 0 Å². The minimum Gasteiger partial charge on any atom is -0.466 e. The SMILES string of the molecule is COC(=O)C1=C(Nc2ccccc2-c2cccc3ccccc23)CC(C(=O)OC)=C(Nc2ccccc2-c2cccc3ccccc23)C1. The average Bonchev–Trinajstić information content (AvgIpc) is 3.14. The fourth-order valence-corrected chi connectivity index (χ4v) is 6.56. The first kappa shape index (κ1) is 30.5. The highest BCUT2D eigenvalue weighted by Gasteiger charge is 2.30. The summed E-state index contributed by atoms with van der Waals surface area (Å²) >= 11 is 0. The number of ether oxygens (including phenoxy) is 2. The summed E-state index contributed by atoms with van der Waals surface area (Å²) in [6, 6.07) is 44.9. The lowest BCUT2D eigenvalue weighted by Crippen LogP contribution is -2.24. The van der Waals surface area contributed by atoms with Crippen molar-refractivity contribution < 1.29 is 19.1 Å². The van der Waals surface area contributed by atoms with Gasteiger partial charge in [-0.2, -0.15) is 0 Å². The largest absolute Gasteiger partial charge is 0.466 e. The number of nitrogens with one attached hydrogen (secondary N) is 2. The lowest BCUT2D eigenvalue weighted by Gasteiger charge is -2.27. The van der Waals surface area contributed by atoms with E-state index in [1.165, 1.54) is 14.2 Å². The molecule has 0 aliphatic heterocycles. The lowest BCUT2D eigenvalue weighted by molar-refractivity contribution is -0.137. The number of para-hydroxylation sites is 2. The standard InChI is InChI=1S/C42H34N2O4/c1-47-41(45)35-25-40(44-38-24-10-8-20-34(38)32-22-12-16-28-14-4-6-18-30(28)32)36(42(46)48-2)26-39(35)43-37-23-9-7-19-33(37)31-21-11-15-27-13-3-5-17-29(27)31/h3-24,43-44H,25-26H2,1-2H3. The van der Waals surface area contributed by atoms with Crippen LogP contribution < -0.4 is 10.6 Å².